The molecule has 1 aromatic carbocycles. The predicted octanol–water partition coefficient (Wildman–Crippen LogP) is 0.101. The van der Waals surface area contributed by atoms with Crippen LogP contribution < -0.4 is 15.6 Å². The number of nitrogens with one attached hydrogen (secondary N) is 3. The Hall–Kier alpha value is -2.05. The van der Waals surface area contributed by atoms with E-state index in [-0.39, 0.29) is 23.8 Å². The van der Waals surface area contributed by atoms with Crippen molar-refractivity contribution < 1.29 is 30.8 Å². The minimum absolute atomic E-state index is 0.0323. The molecule has 0 spiro atoms. The number of hydrazine groups is 1. The van der Waals surface area contributed by atoms with Crippen LogP contribution in [-0.4, -0.2) is 46.2 Å². The van der Waals surface area contributed by atoms with Gasteiger partial charge in [0, 0.05) is 6.42 Å². The highest BCUT2D eigenvalue weighted by atomic mass is 32.2. The molecule has 1 aromatic rings. The first-order valence-electron chi connectivity index (χ1n) is 8.97. The van der Waals surface area contributed by atoms with Crippen molar-refractivity contribution in [3.8, 4) is 0 Å². The maximum absolute atomic E-state index is 13.8. The van der Waals surface area contributed by atoms with E-state index < -0.39 is 54.3 Å². The number of carbonyl (C=O) groups is 2. The van der Waals surface area contributed by atoms with Crippen molar-refractivity contribution in [2.24, 2.45) is 11.8 Å². The van der Waals surface area contributed by atoms with Gasteiger partial charge in [0.05, 0.1) is 11.5 Å². The molecule has 1 fully saturated rings. The molecule has 0 aliphatic carbocycles. The number of sulfonamides is 1. The molecule has 1 aliphatic rings. The second kappa shape index (κ2) is 9.18. The third-order valence-corrected chi connectivity index (χ3v) is 7.79. The zero-order chi connectivity index (χ0) is 21.8. The lowest BCUT2D eigenvalue weighted by atomic mass is 10.0. The smallest absolute Gasteiger partial charge is 0.256 e. The van der Waals surface area contributed by atoms with Crippen molar-refractivity contribution in [2.45, 2.75) is 37.6 Å². The zero-order valence-electron chi connectivity index (χ0n) is 16.0. The summed E-state index contributed by atoms with van der Waals surface area (Å²) < 4.78 is 63.7. The van der Waals surface area contributed by atoms with E-state index in [1.54, 1.807) is 13.8 Å². The van der Waals surface area contributed by atoms with Gasteiger partial charge in [-0.3, -0.25) is 20.4 Å². The summed E-state index contributed by atoms with van der Waals surface area (Å²) in [5, 5.41) is 0. The maximum Gasteiger partial charge on any atom is 0.256 e. The van der Waals surface area contributed by atoms with Crippen molar-refractivity contribution in [1.82, 2.24) is 15.6 Å². The van der Waals surface area contributed by atoms with Gasteiger partial charge in [-0.25, -0.2) is 21.2 Å². The number of hydrogen-bond acceptors (Lipinski definition) is 6. The molecule has 12 heteroatoms. The summed E-state index contributed by atoms with van der Waals surface area (Å²) in [5.74, 6) is -3.24. The average molecular weight is 450 g/mol. The van der Waals surface area contributed by atoms with Gasteiger partial charge >= 0.3 is 0 Å². The van der Waals surface area contributed by atoms with Gasteiger partial charge in [0.1, 0.15) is 16.8 Å². The fraction of sp³-hybridized carbons (Fsp3) is 0.529. The molecule has 2 atom stereocenters. The first-order valence-corrected chi connectivity index (χ1v) is 12.3. The second-order valence-corrected chi connectivity index (χ2v) is 11.2. The summed E-state index contributed by atoms with van der Waals surface area (Å²) in [6.07, 6.45) is 0.299. The lowest BCUT2D eigenvalue weighted by molar-refractivity contribution is -0.130. The number of rotatable bonds is 7. The highest BCUT2D eigenvalue weighted by molar-refractivity contribution is 7.91. The Morgan fingerprint density at radius 2 is 1.86 bits per heavy atom. The topological polar surface area (TPSA) is 139 Å². The Balaban J connectivity index is 1.97. The summed E-state index contributed by atoms with van der Waals surface area (Å²) >= 11 is 0. The number of benzene rings is 1. The van der Waals surface area contributed by atoms with E-state index in [4.69, 9.17) is 0 Å². The van der Waals surface area contributed by atoms with Crippen LogP contribution in [0.5, 0.6) is 0 Å². The van der Waals surface area contributed by atoms with E-state index in [1.807, 2.05) is 0 Å². The van der Waals surface area contributed by atoms with Crippen molar-refractivity contribution in [2.75, 3.05) is 11.5 Å². The average Bonchev–Trinajstić information content (AvgIpc) is 2.96. The number of sulfone groups is 1. The standard InChI is InChI=1S/C17H24FN3O6S2/c1-11(2)16(21-29(26,27)14-6-4-3-5-13(14)18)17(23)20-19-15(22)9-12-7-8-28(24,25)10-12/h3-6,11-12,16,21H,7-10H2,1-2H3,(H,19,22)(H,20,23)/t12?,16-/m0/s1. The quantitative estimate of drug-likeness (QED) is 0.505. The highest BCUT2D eigenvalue weighted by Crippen LogP contribution is 2.21. The summed E-state index contributed by atoms with van der Waals surface area (Å²) in [4.78, 5) is 23.7. The van der Waals surface area contributed by atoms with Crippen molar-refractivity contribution in [1.29, 1.82) is 0 Å². The minimum Gasteiger partial charge on any atom is -0.273 e. The van der Waals surface area contributed by atoms with Gasteiger partial charge in [-0.15, -0.1) is 0 Å². The summed E-state index contributed by atoms with van der Waals surface area (Å²) in [5.41, 5.74) is 4.31. The first-order chi connectivity index (χ1) is 13.4. The minimum atomic E-state index is -4.32. The molecule has 1 unspecified atom stereocenters. The van der Waals surface area contributed by atoms with Crippen LogP contribution in [0.4, 0.5) is 4.39 Å². The van der Waals surface area contributed by atoms with Crippen molar-refractivity contribution in [3.05, 3.63) is 30.1 Å². The molecule has 0 bridgehead atoms. The fourth-order valence-corrected chi connectivity index (χ4v) is 6.23. The molecule has 1 aliphatic heterocycles. The highest BCUT2D eigenvalue weighted by Gasteiger charge is 2.31. The lowest BCUT2D eigenvalue weighted by Crippen LogP contribution is -2.54. The molecule has 162 valence electrons. The fourth-order valence-electron chi connectivity index (χ4n) is 2.94. The van der Waals surface area contributed by atoms with Crippen LogP contribution >= 0.6 is 0 Å². The molecular weight excluding hydrogens is 425 g/mol. The molecule has 2 amide bonds. The SMILES string of the molecule is CC(C)[C@H](NS(=O)(=O)c1ccccc1F)C(=O)NNC(=O)CC1CCS(=O)(=O)C1. The largest absolute Gasteiger partial charge is 0.273 e. The Bertz CT molecular complexity index is 979. The molecule has 0 aromatic heterocycles. The van der Waals surface area contributed by atoms with Gasteiger partial charge < -0.3 is 0 Å². The third-order valence-electron chi connectivity index (χ3n) is 4.48. The molecule has 0 saturated carbocycles. The van der Waals surface area contributed by atoms with E-state index in [1.165, 1.54) is 12.1 Å². The lowest BCUT2D eigenvalue weighted by Gasteiger charge is -2.22. The molecule has 29 heavy (non-hydrogen) atoms. The van der Waals surface area contributed by atoms with Crippen LogP contribution in [0.25, 0.3) is 0 Å². The maximum atomic E-state index is 13.8. The number of hydrogen-bond donors (Lipinski definition) is 3. The number of carbonyl (C=O) groups excluding carboxylic acids is 2. The van der Waals surface area contributed by atoms with Gasteiger partial charge in [0.25, 0.3) is 5.91 Å². The van der Waals surface area contributed by atoms with E-state index >= 15 is 0 Å². The Kier molecular flexibility index (Phi) is 7.35. The van der Waals surface area contributed by atoms with E-state index in [0.29, 0.717) is 6.42 Å². The van der Waals surface area contributed by atoms with E-state index in [9.17, 15) is 30.8 Å². The van der Waals surface area contributed by atoms with Gasteiger partial charge in [-0.1, -0.05) is 26.0 Å². The molecule has 3 N–H and O–H groups in total. The number of amides is 2. The normalized spacial score (nSPS) is 19.7. The first kappa shape index (κ1) is 23.2. The van der Waals surface area contributed by atoms with Crippen LogP contribution in [0.15, 0.2) is 29.2 Å². The Labute approximate surface area is 169 Å². The van der Waals surface area contributed by atoms with Gasteiger partial charge in [0.15, 0.2) is 9.84 Å². The van der Waals surface area contributed by atoms with Crippen LogP contribution in [0.3, 0.4) is 0 Å². The van der Waals surface area contributed by atoms with Crippen LogP contribution in [0.1, 0.15) is 26.7 Å². The summed E-state index contributed by atoms with van der Waals surface area (Å²) in [6.45, 7) is 3.17. The monoisotopic (exact) mass is 449 g/mol. The summed E-state index contributed by atoms with van der Waals surface area (Å²) in [7, 11) is -7.44. The van der Waals surface area contributed by atoms with Crippen LogP contribution in [0, 0.1) is 17.7 Å². The molecule has 1 heterocycles. The van der Waals surface area contributed by atoms with E-state index in [0.717, 1.165) is 12.1 Å². The molecular formula is C17H24FN3O6S2. The van der Waals surface area contributed by atoms with Gasteiger partial charge in [0.2, 0.25) is 15.9 Å². The van der Waals surface area contributed by atoms with Crippen molar-refractivity contribution in [3.63, 3.8) is 0 Å². The Morgan fingerprint density at radius 1 is 1.21 bits per heavy atom. The summed E-state index contributed by atoms with van der Waals surface area (Å²) in [6, 6.07) is 3.48. The van der Waals surface area contributed by atoms with Gasteiger partial charge in [-0.2, -0.15) is 4.72 Å². The molecule has 9 nitrogen and oxygen atoms in total. The molecule has 0 radical (unpaired) electrons. The van der Waals surface area contributed by atoms with Gasteiger partial charge in [-0.05, 0) is 30.4 Å². The van der Waals surface area contributed by atoms with Crippen molar-refractivity contribution >= 4 is 31.7 Å². The van der Waals surface area contributed by atoms with E-state index in [2.05, 4.69) is 15.6 Å². The third kappa shape index (κ3) is 6.47. The van der Waals surface area contributed by atoms with Crippen LogP contribution in [-0.2, 0) is 29.4 Å². The molecule has 2 rings (SSSR count). The molecule has 1 saturated heterocycles. The van der Waals surface area contributed by atoms with Crippen LogP contribution in [0.2, 0.25) is 0 Å². The number of halogens is 1. The Morgan fingerprint density at radius 3 is 2.41 bits per heavy atom. The zero-order valence-corrected chi connectivity index (χ0v) is 17.6. The predicted molar refractivity (Wildman–Crippen MR) is 103 cm³/mol. The second-order valence-electron chi connectivity index (χ2n) is 7.28.